The van der Waals surface area contributed by atoms with Crippen LogP contribution in [0.15, 0.2) is 16.9 Å². The van der Waals surface area contributed by atoms with Crippen molar-refractivity contribution in [3.8, 4) is 6.07 Å². The highest BCUT2D eigenvalue weighted by Crippen LogP contribution is 2.23. The molecule has 1 fully saturated rings. The van der Waals surface area contributed by atoms with Crippen LogP contribution in [0.3, 0.4) is 0 Å². The molecule has 0 spiro atoms. The Hall–Kier alpha value is -1.65. The number of nitrogens with zero attached hydrogens (tertiary/aromatic N) is 5. The fourth-order valence-electron chi connectivity index (χ4n) is 2.00. The number of hydrogen-bond donors (Lipinski definition) is 0. The minimum Gasteiger partial charge on any atom is -0.378 e. The molecule has 1 aliphatic heterocycles. The maximum Gasteiger partial charge on any atom is 0.175 e. The predicted molar refractivity (Wildman–Crippen MR) is 68.4 cm³/mol. The predicted octanol–water partition coefficient (Wildman–Crippen LogP) is 1.20. The van der Waals surface area contributed by atoms with Gasteiger partial charge in [0.2, 0.25) is 0 Å². The van der Waals surface area contributed by atoms with Crippen molar-refractivity contribution in [2.75, 3.05) is 31.2 Å². The third-order valence-electron chi connectivity index (χ3n) is 2.84. The smallest absolute Gasteiger partial charge is 0.175 e. The molecule has 0 atom stereocenters. The van der Waals surface area contributed by atoms with Crippen LogP contribution in [0.1, 0.15) is 5.56 Å². The van der Waals surface area contributed by atoms with Crippen molar-refractivity contribution in [2.45, 2.75) is 0 Å². The van der Waals surface area contributed by atoms with Crippen LogP contribution in [0.5, 0.6) is 0 Å². The van der Waals surface area contributed by atoms with Crippen LogP contribution < -0.4 is 4.90 Å². The first kappa shape index (κ1) is 11.4. The Kier molecular flexibility index (Phi) is 2.89. The quantitative estimate of drug-likeness (QED) is 0.792. The summed E-state index contributed by atoms with van der Waals surface area (Å²) >= 11 is 3.34. The molecule has 92 valence electrons. The summed E-state index contributed by atoms with van der Waals surface area (Å²) in [6.45, 7) is 2.82. The van der Waals surface area contributed by atoms with Gasteiger partial charge in [0.15, 0.2) is 11.5 Å². The Morgan fingerprint density at radius 1 is 1.39 bits per heavy atom. The van der Waals surface area contributed by atoms with Crippen molar-refractivity contribution in [3.63, 3.8) is 0 Å². The summed E-state index contributed by atoms with van der Waals surface area (Å²) < 4.78 is 7.77. The van der Waals surface area contributed by atoms with Gasteiger partial charge in [0.1, 0.15) is 11.6 Å². The maximum atomic E-state index is 9.29. The summed E-state index contributed by atoms with van der Waals surface area (Å²) in [5.74, 6) is 0.686. The first-order valence-corrected chi connectivity index (χ1v) is 6.35. The van der Waals surface area contributed by atoms with Gasteiger partial charge in [-0.1, -0.05) is 0 Å². The second-order valence-electron chi connectivity index (χ2n) is 3.95. The fraction of sp³-hybridized carbons (Fsp3) is 0.364. The molecular weight excluding hydrogens is 298 g/mol. The molecule has 18 heavy (non-hydrogen) atoms. The van der Waals surface area contributed by atoms with Crippen molar-refractivity contribution >= 4 is 27.4 Å². The summed E-state index contributed by atoms with van der Waals surface area (Å²) in [5.41, 5.74) is 1.10. The highest BCUT2D eigenvalue weighted by atomic mass is 79.9. The standard InChI is InChI=1S/C11H10BrN5O/c12-8-6-14-10-9(5-13)11(15-17(10)7-8)16-1-3-18-4-2-16/h6-7H,1-4H2. The lowest BCUT2D eigenvalue weighted by Gasteiger charge is -2.26. The molecule has 3 rings (SSSR count). The molecular formula is C11H10BrN5O. The van der Waals surface area contributed by atoms with Crippen LogP contribution in [-0.4, -0.2) is 40.9 Å². The molecule has 2 aromatic rings. The van der Waals surface area contributed by atoms with E-state index in [0.717, 1.165) is 17.6 Å². The van der Waals surface area contributed by atoms with Crippen LogP contribution in [0, 0.1) is 11.3 Å². The summed E-state index contributed by atoms with van der Waals surface area (Å²) in [4.78, 5) is 6.30. The van der Waals surface area contributed by atoms with Crippen molar-refractivity contribution in [1.82, 2.24) is 14.6 Å². The number of hydrogen-bond acceptors (Lipinski definition) is 5. The van der Waals surface area contributed by atoms with Crippen LogP contribution >= 0.6 is 15.9 Å². The lowest BCUT2D eigenvalue weighted by atomic mass is 10.3. The van der Waals surface area contributed by atoms with Gasteiger partial charge in [-0.2, -0.15) is 5.26 Å². The van der Waals surface area contributed by atoms with Crippen LogP contribution in [0.4, 0.5) is 5.82 Å². The third kappa shape index (κ3) is 1.83. The number of ether oxygens (including phenoxy) is 1. The van der Waals surface area contributed by atoms with E-state index in [2.05, 4.69) is 37.0 Å². The minimum atomic E-state index is 0.518. The molecule has 3 heterocycles. The fourth-order valence-corrected chi connectivity index (χ4v) is 2.29. The van der Waals surface area contributed by atoms with Crippen LogP contribution in [0.25, 0.3) is 5.65 Å². The van der Waals surface area contributed by atoms with E-state index >= 15 is 0 Å². The van der Waals surface area contributed by atoms with Gasteiger partial charge in [0, 0.05) is 25.5 Å². The zero-order valence-electron chi connectivity index (χ0n) is 9.51. The molecule has 2 aromatic heterocycles. The average molecular weight is 308 g/mol. The molecule has 0 aliphatic carbocycles. The van der Waals surface area contributed by atoms with Crippen molar-refractivity contribution in [1.29, 1.82) is 5.26 Å². The third-order valence-corrected chi connectivity index (χ3v) is 3.25. The molecule has 6 nitrogen and oxygen atoms in total. The SMILES string of the molecule is N#Cc1c(N2CCOCC2)nn2cc(Br)cnc12. The zero-order valence-corrected chi connectivity index (χ0v) is 11.1. The summed E-state index contributed by atoms with van der Waals surface area (Å²) in [7, 11) is 0. The summed E-state index contributed by atoms with van der Waals surface area (Å²) in [5, 5.41) is 13.7. The Morgan fingerprint density at radius 3 is 2.89 bits per heavy atom. The van der Waals surface area contributed by atoms with E-state index in [1.165, 1.54) is 0 Å². The van der Waals surface area contributed by atoms with E-state index < -0.39 is 0 Å². The Bertz CT molecular complexity index is 626. The number of morpholine rings is 1. The van der Waals surface area contributed by atoms with Gasteiger partial charge in [-0.15, -0.1) is 5.10 Å². The largest absolute Gasteiger partial charge is 0.378 e. The molecule has 0 bridgehead atoms. The maximum absolute atomic E-state index is 9.29. The van der Waals surface area contributed by atoms with E-state index in [1.54, 1.807) is 16.9 Å². The van der Waals surface area contributed by atoms with Crippen LogP contribution in [0.2, 0.25) is 0 Å². The molecule has 0 unspecified atom stereocenters. The van der Waals surface area contributed by atoms with E-state index in [0.29, 0.717) is 30.2 Å². The first-order chi connectivity index (χ1) is 8.79. The topological polar surface area (TPSA) is 66.5 Å². The van der Waals surface area contributed by atoms with Gasteiger partial charge in [-0.05, 0) is 15.9 Å². The zero-order chi connectivity index (χ0) is 12.5. The normalized spacial score (nSPS) is 15.9. The highest BCUT2D eigenvalue weighted by Gasteiger charge is 2.21. The molecule has 0 radical (unpaired) electrons. The Balaban J connectivity index is 2.13. The second kappa shape index (κ2) is 4.55. The molecule has 1 saturated heterocycles. The van der Waals surface area contributed by atoms with Gasteiger partial charge >= 0.3 is 0 Å². The second-order valence-corrected chi connectivity index (χ2v) is 4.87. The number of aromatic nitrogens is 3. The first-order valence-electron chi connectivity index (χ1n) is 5.56. The minimum absolute atomic E-state index is 0.518. The number of fused-ring (bicyclic) bond motifs is 1. The molecule has 0 N–H and O–H groups in total. The number of nitriles is 1. The van der Waals surface area contributed by atoms with Gasteiger partial charge in [0.05, 0.1) is 17.7 Å². The monoisotopic (exact) mass is 307 g/mol. The molecule has 0 aromatic carbocycles. The van der Waals surface area contributed by atoms with Gasteiger partial charge in [-0.3, -0.25) is 0 Å². The highest BCUT2D eigenvalue weighted by molar-refractivity contribution is 9.10. The van der Waals surface area contributed by atoms with E-state index in [-0.39, 0.29) is 0 Å². The molecule has 0 amide bonds. The summed E-state index contributed by atoms with van der Waals surface area (Å²) in [6, 6.07) is 2.19. The number of rotatable bonds is 1. The van der Waals surface area contributed by atoms with Crippen molar-refractivity contribution in [3.05, 3.63) is 22.4 Å². The number of anilines is 1. The Labute approximate surface area is 112 Å². The van der Waals surface area contributed by atoms with Crippen LogP contribution in [-0.2, 0) is 4.74 Å². The lowest BCUT2D eigenvalue weighted by molar-refractivity contribution is 0.122. The molecule has 0 saturated carbocycles. The average Bonchev–Trinajstić information content (AvgIpc) is 2.77. The van der Waals surface area contributed by atoms with Crippen molar-refractivity contribution in [2.24, 2.45) is 0 Å². The van der Waals surface area contributed by atoms with Gasteiger partial charge < -0.3 is 9.64 Å². The molecule has 1 aliphatic rings. The van der Waals surface area contributed by atoms with E-state index in [1.807, 2.05) is 0 Å². The van der Waals surface area contributed by atoms with Crippen molar-refractivity contribution < 1.29 is 4.74 Å². The summed E-state index contributed by atoms with van der Waals surface area (Å²) in [6.07, 6.45) is 3.47. The van der Waals surface area contributed by atoms with Gasteiger partial charge in [-0.25, -0.2) is 9.50 Å². The Morgan fingerprint density at radius 2 is 2.17 bits per heavy atom. The van der Waals surface area contributed by atoms with E-state index in [9.17, 15) is 5.26 Å². The molecule has 7 heteroatoms. The van der Waals surface area contributed by atoms with Gasteiger partial charge in [0.25, 0.3) is 0 Å². The van der Waals surface area contributed by atoms with E-state index in [4.69, 9.17) is 4.74 Å². The number of halogens is 1. The lowest BCUT2D eigenvalue weighted by Crippen LogP contribution is -2.36.